The number of morpholine rings is 1. The van der Waals surface area contributed by atoms with E-state index in [-0.39, 0.29) is 11.9 Å². The average molecular weight is 326 g/mol. The topological polar surface area (TPSA) is 67.4 Å². The van der Waals surface area contributed by atoms with Crippen molar-refractivity contribution in [1.82, 2.24) is 20.2 Å². The molecule has 1 fully saturated rings. The smallest absolute Gasteiger partial charge is 0.271 e. The Morgan fingerprint density at radius 3 is 2.71 bits per heavy atom. The summed E-state index contributed by atoms with van der Waals surface area (Å²) < 4.78 is 5.40. The van der Waals surface area contributed by atoms with Crippen LogP contribution in [0.3, 0.4) is 0 Å². The molecule has 1 aliphatic rings. The minimum Gasteiger partial charge on any atom is -0.379 e. The van der Waals surface area contributed by atoms with E-state index in [4.69, 9.17) is 4.74 Å². The highest BCUT2D eigenvalue weighted by atomic mass is 16.5. The van der Waals surface area contributed by atoms with Crippen LogP contribution < -0.4 is 5.32 Å². The summed E-state index contributed by atoms with van der Waals surface area (Å²) in [6, 6.07) is 10.2. The molecular formula is C18H22N4O2. The second-order valence-electron chi connectivity index (χ2n) is 5.86. The first-order valence-electron chi connectivity index (χ1n) is 8.22. The highest BCUT2D eigenvalue weighted by molar-refractivity contribution is 5.92. The predicted octanol–water partition coefficient (Wildman–Crippen LogP) is 1.15. The Kier molecular flexibility index (Phi) is 5.87. The second kappa shape index (κ2) is 8.52. The minimum atomic E-state index is -0.183. The number of aromatic nitrogens is 2. The van der Waals surface area contributed by atoms with Gasteiger partial charge in [-0.05, 0) is 12.0 Å². The Balaban J connectivity index is 1.67. The third kappa shape index (κ3) is 4.84. The molecule has 6 heteroatoms. The van der Waals surface area contributed by atoms with Crippen molar-refractivity contribution in [2.45, 2.75) is 12.5 Å². The number of nitrogens with zero attached hydrogens (tertiary/aromatic N) is 3. The summed E-state index contributed by atoms with van der Waals surface area (Å²) in [4.78, 5) is 22.8. The fraction of sp³-hybridized carbons (Fsp3) is 0.389. The second-order valence-corrected chi connectivity index (χ2v) is 5.86. The van der Waals surface area contributed by atoms with Gasteiger partial charge < -0.3 is 10.1 Å². The van der Waals surface area contributed by atoms with Crippen LogP contribution in [0.2, 0.25) is 0 Å². The number of ether oxygens (including phenoxy) is 1. The van der Waals surface area contributed by atoms with Crippen LogP contribution in [-0.4, -0.2) is 59.7 Å². The van der Waals surface area contributed by atoms with Crippen molar-refractivity contribution in [1.29, 1.82) is 0 Å². The lowest BCUT2D eigenvalue weighted by Gasteiger charge is -2.31. The van der Waals surface area contributed by atoms with Crippen LogP contribution in [-0.2, 0) is 11.2 Å². The summed E-state index contributed by atoms with van der Waals surface area (Å²) in [6.07, 6.45) is 5.36. The molecule has 1 amide bonds. The zero-order valence-electron chi connectivity index (χ0n) is 13.6. The molecule has 1 aliphatic heterocycles. The lowest BCUT2D eigenvalue weighted by atomic mass is 10.0. The monoisotopic (exact) mass is 326 g/mol. The zero-order valence-corrected chi connectivity index (χ0v) is 13.6. The van der Waals surface area contributed by atoms with Crippen LogP contribution in [0.15, 0.2) is 48.9 Å². The van der Waals surface area contributed by atoms with Crippen LogP contribution in [0, 0.1) is 0 Å². The van der Waals surface area contributed by atoms with Crippen LogP contribution in [0.5, 0.6) is 0 Å². The predicted molar refractivity (Wildman–Crippen MR) is 90.7 cm³/mol. The van der Waals surface area contributed by atoms with Crippen LogP contribution in [0.4, 0.5) is 0 Å². The zero-order chi connectivity index (χ0) is 16.6. The molecule has 0 bridgehead atoms. The standard InChI is InChI=1S/C18H22N4O2/c23-18(17-13-19-6-7-20-17)21-16(12-15-4-2-1-3-5-15)14-22-8-10-24-11-9-22/h1-7,13,16H,8-12,14H2,(H,21,23). The normalized spacial score (nSPS) is 16.5. The molecule has 3 rings (SSSR count). The number of benzene rings is 1. The molecule has 1 aromatic heterocycles. The molecule has 24 heavy (non-hydrogen) atoms. The van der Waals surface area contributed by atoms with Crippen LogP contribution in [0.1, 0.15) is 16.1 Å². The maximum atomic E-state index is 12.4. The molecule has 0 saturated carbocycles. The van der Waals surface area contributed by atoms with Gasteiger partial charge >= 0.3 is 0 Å². The third-order valence-corrected chi connectivity index (χ3v) is 4.04. The molecular weight excluding hydrogens is 304 g/mol. The van der Waals surface area contributed by atoms with Crippen LogP contribution in [0.25, 0.3) is 0 Å². The Morgan fingerprint density at radius 2 is 2.00 bits per heavy atom. The molecule has 0 aliphatic carbocycles. The van der Waals surface area contributed by atoms with Crippen molar-refractivity contribution >= 4 is 5.91 Å². The van der Waals surface area contributed by atoms with Gasteiger partial charge in [-0.2, -0.15) is 0 Å². The van der Waals surface area contributed by atoms with Crippen molar-refractivity contribution in [2.75, 3.05) is 32.8 Å². The number of amides is 1. The van der Waals surface area contributed by atoms with E-state index in [0.29, 0.717) is 5.69 Å². The molecule has 2 aromatic rings. The van der Waals surface area contributed by atoms with Gasteiger partial charge in [0, 0.05) is 38.1 Å². The van der Waals surface area contributed by atoms with Gasteiger partial charge in [0.1, 0.15) is 5.69 Å². The van der Waals surface area contributed by atoms with Gasteiger partial charge in [-0.25, -0.2) is 4.98 Å². The molecule has 1 aromatic carbocycles. The van der Waals surface area contributed by atoms with Gasteiger partial charge in [-0.3, -0.25) is 14.7 Å². The minimum absolute atomic E-state index is 0.0139. The van der Waals surface area contributed by atoms with E-state index in [0.717, 1.165) is 39.3 Å². The number of rotatable bonds is 6. The summed E-state index contributed by atoms with van der Waals surface area (Å²) in [7, 11) is 0. The number of hydrogen-bond donors (Lipinski definition) is 1. The first-order valence-corrected chi connectivity index (χ1v) is 8.22. The van der Waals surface area contributed by atoms with Gasteiger partial charge in [-0.1, -0.05) is 30.3 Å². The molecule has 0 radical (unpaired) electrons. The molecule has 6 nitrogen and oxygen atoms in total. The lowest BCUT2D eigenvalue weighted by Crippen LogP contribution is -2.48. The first kappa shape index (κ1) is 16.5. The molecule has 2 heterocycles. The van der Waals surface area contributed by atoms with Crippen molar-refractivity contribution in [3.05, 3.63) is 60.2 Å². The Morgan fingerprint density at radius 1 is 1.21 bits per heavy atom. The van der Waals surface area contributed by atoms with Gasteiger partial charge in [0.05, 0.1) is 19.4 Å². The van der Waals surface area contributed by atoms with Gasteiger partial charge in [0.2, 0.25) is 0 Å². The lowest BCUT2D eigenvalue weighted by molar-refractivity contribution is 0.0333. The summed E-state index contributed by atoms with van der Waals surface area (Å²) in [5.74, 6) is -0.183. The number of carbonyl (C=O) groups is 1. The van der Waals surface area contributed by atoms with E-state index in [9.17, 15) is 4.79 Å². The van der Waals surface area contributed by atoms with Gasteiger partial charge in [0.15, 0.2) is 0 Å². The van der Waals surface area contributed by atoms with E-state index in [1.165, 1.54) is 18.0 Å². The Bertz CT molecular complexity index is 630. The number of carbonyl (C=O) groups excluding carboxylic acids is 1. The van der Waals surface area contributed by atoms with Gasteiger partial charge in [0.25, 0.3) is 5.91 Å². The molecule has 1 atom stereocenters. The largest absolute Gasteiger partial charge is 0.379 e. The SMILES string of the molecule is O=C(NC(Cc1ccccc1)CN1CCOCC1)c1cnccn1. The molecule has 126 valence electrons. The highest BCUT2D eigenvalue weighted by Crippen LogP contribution is 2.07. The molecule has 1 N–H and O–H groups in total. The van der Waals surface area contributed by atoms with E-state index in [1.807, 2.05) is 18.2 Å². The summed E-state index contributed by atoms with van der Waals surface area (Å²) in [6.45, 7) is 4.08. The Hall–Kier alpha value is -2.31. The third-order valence-electron chi connectivity index (χ3n) is 4.04. The maximum Gasteiger partial charge on any atom is 0.271 e. The summed E-state index contributed by atoms with van der Waals surface area (Å²) >= 11 is 0. The number of hydrogen-bond acceptors (Lipinski definition) is 5. The fourth-order valence-electron chi connectivity index (χ4n) is 2.83. The van der Waals surface area contributed by atoms with Crippen molar-refractivity contribution in [3.63, 3.8) is 0 Å². The maximum absolute atomic E-state index is 12.4. The molecule has 1 saturated heterocycles. The molecule has 0 spiro atoms. The van der Waals surface area contributed by atoms with Crippen molar-refractivity contribution in [2.24, 2.45) is 0 Å². The van der Waals surface area contributed by atoms with E-state index < -0.39 is 0 Å². The van der Waals surface area contributed by atoms with Crippen molar-refractivity contribution in [3.8, 4) is 0 Å². The highest BCUT2D eigenvalue weighted by Gasteiger charge is 2.20. The van der Waals surface area contributed by atoms with Crippen LogP contribution >= 0.6 is 0 Å². The van der Waals surface area contributed by atoms with E-state index >= 15 is 0 Å². The fourth-order valence-corrected chi connectivity index (χ4v) is 2.83. The quantitative estimate of drug-likeness (QED) is 0.862. The summed E-state index contributed by atoms with van der Waals surface area (Å²) in [5, 5.41) is 3.11. The van der Waals surface area contributed by atoms with E-state index in [2.05, 4.69) is 32.3 Å². The van der Waals surface area contributed by atoms with Gasteiger partial charge in [-0.15, -0.1) is 0 Å². The first-order chi connectivity index (χ1) is 11.8. The average Bonchev–Trinajstić information content (AvgIpc) is 2.64. The molecule has 1 unspecified atom stereocenters. The van der Waals surface area contributed by atoms with Crippen molar-refractivity contribution < 1.29 is 9.53 Å². The number of nitrogens with one attached hydrogen (secondary N) is 1. The summed E-state index contributed by atoms with van der Waals surface area (Å²) in [5.41, 5.74) is 1.55. The van der Waals surface area contributed by atoms with E-state index in [1.54, 1.807) is 6.20 Å². The Labute approximate surface area is 141 Å².